The zero-order chi connectivity index (χ0) is 26.2. The van der Waals surface area contributed by atoms with Crippen LogP contribution in [0.4, 0.5) is 0 Å². The summed E-state index contributed by atoms with van der Waals surface area (Å²) >= 11 is 0. The molecular formula is C34H36N4. The summed E-state index contributed by atoms with van der Waals surface area (Å²) in [5, 5.41) is 10.0. The molecule has 0 amide bonds. The minimum Gasteiger partial charge on any atom is -0.337 e. The summed E-state index contributed by atoms with van der Waals surface area (Å²) in [5.74, 6) is 3.49. The predicted molar refractivity (Wildman–Crippen MR) is 154 cm³/mol. The summed E-state index contributed by atoms with van der Waals surface area (Å²) in [6.45, 7) is 8.48. The van der Waals surface area contributed by atoms with Gasteiger partial charge in [0.1, 0.15) is 11.9 Å². The Kier molecular flexibility index (Phi) is 5.24. The molecule has 4 aliphatic carbocycles. The molecule has 0 aliphatic heterocycles. The maximum absolute atomic E-state index is 10.0. The first-order valence-electron chi connectivity index (χ1n) is 14.2. The molecule has 4 aliphatic rings. The fourth-order valence-electron chi connectivity index (χ4n) is 8.47. The van der Waals surface area contributed by atoms with Crippen molar-refractivity contribution in [2.24, 2.45) is 17.8 Å². The number of nitrogens with zero attached hydrogens (tertiary/aromatic N) is 3. The van der Waals surface area contributed by atoms with Gasteiger partial charge in [-0.25, -0.2) is 4.98 Å². The average Bonchev–Trinajstić information content (AvgIpc) is 3.41. The Hall–Kier alpha value is -3.58. The number of aryl methyl sites for hydroxylation is 3. The molecule has 0 spiro atoms. The van der Waals surface area contributed by atoms with Crippen molar-refractivity contribution in [1.82, 2.24) is 14.5 Å². The molecule has 4 heteroatoms. The smallest absolute Gasteiger partial charge is 0.149 e. The molecule has 4 nitrogen and oxygen atoms in total. The Labute approximate surface area is 225 Å². The minimum atomic E-state index is 0.424. The second-order valence-electron chi connectivity index (χ2n) is 12.6. The van der Waals surface area contributed by atoms with Gasteiger partial charge in [-0.1, -0.05) is 12.1 Å². The van der Waals surface area contributed by atoms with Gasteiger partial charge in [0.25, 0.3) is 0 Å². The normalized spacial score (nSPS) is 26.3. The van der Waals surface area contributed by atoms with Gasteiger partial charge in [0, 0.05) is 17.1 Å². The molecule has 0 radical (unpaired) electrons. The van der Waals surface area contributed by atoms with Crippen molar-refractivity contribution in [3.8, 4) is 11.8 Å². The van der Waals surface area contributed by atoms with Gasteiger partial charge in [0.15, 0.2) is 0 Å². The molecule has 4 saturated carbocycles. The maximum Gasteiger partial charge on any atom is 0.149 e. The first kappa shape index (κ1) is 23.5. The van der Waals surface area contributed by atoms with Crippen LogP contribution in [0.3, 0.4) is 0 Å². The number of aromatic amines is 1. The van der Waals surface area contributed by atoms with Crippen molar-refractivity contribution in [3.05, 3.63) is 81.9 Å². The molecule has 0 saturated heterocycles. The van der Waals surface area contributed by atoms with Crippen molar-refractivity contribution in [2.45, 2.75) is 71.6 Å². The van der Waals surface area contributed by atoms with E-state index < -0.39 is 0 Å². The van der Waals surface area contributed by atoms with Crippen LogP contribution in [0.2, 0.25) is 0 Å². The van der Waals surface area contributed by atoms with Crippen LogP contribution in [-0.2, 0) is 5.41 Å². The quantitative estimate of drug-likeness (QED) is 0.288. The largest absolute Gasteiger partial charge is 0.337 e. The van der Waals surface area contributed by atoms with Gasteiger partial charge in [0.2, 0.25) is 0 Å². The van der Waals surface area contributed by atoms with Gasteiger partial charge in [-0.05, 0) is 148 Å². The van der Waals surface area contributed by atoms with Gasteiger partial charge >= 0.3 is 0 Å². The molecule has 4 fully saturated rings. The zero-order valence-electron chi connectivity index (χ0n) is 22.9. The highest BCUT2D eigenvalue weighted by atomic mass is 15.0. The van der Waals surface area contributed by atoms with Crippen molar-refractivity contribution in [2.75, 3.05) is 0 Å². The second kappa shape index (κ2) is 8.46. The molecule has 0 unspecified atom stereocenters. The summed E-state index contributed by atoms with van der Waals surface area (Å²) < 4.78 is 2.32. The molecule has 2 aromatic heterocycles. The van der Waals surface area contributed by atoms with Gasteiger partial charge in [-0.15, -0.1) is 0 Å². The molecule has 8 rings (SSSR count). The average molecular weight is 501 g/mol. The lowest BCUT2D eigenvalue weighted by Crippen LogP contribution is -2.48. The van der Waals surface area contributed by atoms with Crippen LogP contribution in [0.5, 0.6) is 0 Å². The number of benzene rings is 2. The number of fused-ring (bicyclic) bond motifs is 1. The van der Waals surface area contributed by atoms with E-state index in [9.17, 15) is 5.26 Å². The van der Waals surface area contributed by atoms with E-state index in [1.165, 1.54) is 61.0 Å². The number of allylic oxidation sites excluding steroid dienone is 1. The number of rotatable bonds is 4. The molecule has 1 N–H and O–H groups in total. The van der Waals surface area contributed by atoms with E-state index >= 15 is 0 Å². The Morgan fingerprint density at radius 1 is 0.947 bits per heavy atom. The lowest BCUT2D eigenvalue weighted by molar-refractivity contribution is -0.00518. The van der Waals surface area contributed by atoms with E-state index in [4.69, 9.17) is 4.98 Å². The fraction of sp³-hybridized carbons (Fsp3) is 0.412. The standard InChI is InChI=1S/C34H36N4/c1-20-9-31-32(10-21(20)2)37-33(36-31)28(19-35)15-27-11-22(3)38(23(27)4)30-7-5-29(6-8-30)34-16-24-12-25(17-34)14-26(13-24)18-34/h5-11,15,24-26H,12-14,16-18H2,1-4H3,(H,36,37)/b28-15-. The number of H-pyrrole nitrogens is 1. The number of hydrogen-bond donors (Lipinski definition) is 1. The summed E-state index contributed by atoms with van der Waals surface area (Å²) in [7, 11) is 0. The summed E-state index contributed by atoms with van der Waals surface area (Å²) in [6, 6.07) is 18.2. The van der Waals surface area contributed by atoms with Crippen molar-refractivity contribution in [1.29, 1.82) is 5.26 Å². The molecule has 2 heterocycles. The molecule has 38 heavy (non-hydrogen) atoms. The van der Waals surface area contributed by atoms with Crippen LogP contribution in [0.15, 0.2) is 42.5 Å². The highest BCUT2D eigenvalue weighted by Gasteiger charge is 2.51. The molecule has 192 valence electrons. The van der Waals surface area contributed by atoms with Gasteiger partial charge in [0.05, 0.1) is 16.6 Å². The summed E-state index contributed by atoms with van der Waals surface area (Å²) in [6.07, 6.45) is 10.6. The highest BCUT2D eigenvalue weighted by Crippen LogP contribution is 2.60. The van der Waals surface area contributed by atoms with Crippen LogP contribution in [0, 0.1) is 56.8 Å². The van der Waals surface area contributed by atoms with E-state index in [0.29, 0.717) is 16.8 Å². The first-order chi connectivity index (χ1) is 18.3. The van der Waals surface area contributed by atoms with Crippen molar-refractivity contribution in [3.63, 3.8) is 0 Å². The predicted octanol–water partition coefficient (Wildman–Crippen LogP) is 8.12. The third-order valence-corrected chi connectivity index (χ3v) is 10.0. The lowest BCUT2D eigenvalue weighted by Gasteiger charge is -2.57. The molecular weight excluding hydrogens is 464 g/mol. The topological polar surface area (TPSA) is 57.4 Å². The number of aromatic nitrogens is 3. The summed E-state index contributed by atoms with van der Waals surface area (Å²) in [4.78, 5) is 8.09. The highest BCUT2D eigenvalue weighted by molar-refractivity contribution is 5.91. The number of imidazole rings is 1. The van der Waals surface area contributed by atoms with E-state index in [0.717, 1.165) is 40.0 Å². The first-order valence-corrected chi connectivity index (χ1v) is 14.2. The van der Waals surface area contributed by atoms with E-state index in [1.54, 1.807) is 5.56 Å². The van der Waals surface area contributed by atoms with Crippen LogP contribution >= 0.6 is 0 Å². The molecule has 4 aromatic rings. The molecule has 2 aromatic carbocycles. The van der Waals surface area contributed by atoms with Crippen molar-refractivity contribution < 1.29 is 0 Å². The third kappa shape index (κ3) is 3.67. The number of nitriles is 1. The van der Waals surface area contributed by atoms with Gasteiger partial charge in [-0.3, -0.25) is 0 Å². The van der Waals surface area contributed by atoms with E-state index in [2.05, 4.69) is 85.8 Å². The number of nitrogens with one attached hydrogen (secondary N) is 1. The van der Waals surface area contributed by atoms with Gasteiger partial charge < -0.3 is 9.55 Å². The minimum absolute atomic E-state index is 0.424. The van der Waals surface area contributed by atoms with E-state index in [1.807, 2.05) is 6.08 Å². The van der Waals surface area contributed by atoms with Crippen LogP contribution in [0.25, 0.3) is 28.4 Å². The molecule has 4 bridgehead atoms. The Bertz CT molecular complexity index is 1560. The lowest BCUT2D eigenvalue weighted by atomic mass is 9.48. The third-order valence-electron chi connectivity index (χ3n) is 10.0. The van der Waals surface area contributed by atoms with Gasteiger partial charge in [-0.2, -0.15) is 5.26 Å². The Morgan fingerprint density at radius 2 is 1.58 bits per heavy atom. The Balaban J connectivity index is 1.21. The van der Waals surface area contributed by atoms with Crippen LogP contribution in [-0.4, -0.2) is 14.5 Å². The maximum atomic E-state index is 10.0. The fourth-order valence-corrected chi connectivity index (χ4v) is 8.47. The van der Waals surface area contributed by atoms with E-state index in [-0.39, 0.29) is 0 Å². The molecule has 0 atom stereocenters. The Morgan fingerprint density at radius 3 is 2.21 bits per heavy atom. The van der Waals surface area contributed by atoms with Crippen LogP contribution in [0.1, 0.15) is 78.0 Å². The van der Waals surface area contributed by atoms with Crippen molar-refractivity contribution >= 4 is 22.7 Å². The zero-order valence-corrected chi connectivity index (χ0v) is 22.9. The summed E-state index contributed by atoms with van der Waals surface area (Å²) in [5.41, 5.74) is 11.4. The number of hydrogen-bond acceptors (Lipinski definition) is 2. The second-order valence-corrected chi connectivity index (χ2v) is 12.6. The monoisotopic (exact) mass is 500 g/mol. The SMILES string of the molecule is Cc1cc2nc(/C(C#N)=C\c3cc(C)n(-c4ccc(C56CC7CC(CC(C7)C5)C6)cc4)c3C)[nH]c2cc1C. The van der Waals surface area contributed by atoms with Crippen LogP contribution < -0.4 is 0 Å².